The normalized spacial score (nSPS) is 22.5. The molecule has 8 heteroatoms. The highest BCUT2D eigenvalue weighted by Gasteiger charge is 2.39. The molecule has 0 aliphatic heterocycles. The molecule has 2 saturated carbocycles. The van der Waals surface area contributed by atoms with E-state index in [1.54, 1.807) is 18.0 Å². The topological polar surface area (TPSA) is 67.7 Å². The van der Waals surface area contributed by atoms with Crippen molar-refractivity contribution >= 4 is 45.8 Å². The van der Waals surface area contributed by atoms with Gasteiger partial charge >= 0.3 is 0 Å². The first-order valence-corrected chi connectivity index (χ1v) is 11.9. The molecule has 30 heavy (non-hydrogen) atoms. The molecule has 2 aromatic heterocycles. The Kier molecular flexibility index (Phi) is 5.37. The van der Waals surface area contributed by atoms with Gasteiger partial charge in [0.15, 0.2) is 10.3 Å². The smallest absolute Gasteiger partial charge is 0.188 e. The van der Waals surface area contributed by atoms with Gasteiger partial charge in [0, 0.05) is 30.7 Å². The van der Waals surface area contributed by atoms with Gasteiger partial charge in [-0.3, -0.25) is 0 Å². The largest absolute Gasteiger partial charge is 0.359 e. The molecular formula is C22H26N6S2. The number of aromatic nitrogens is 4. The Bertz CT molecular complexity index is 1090. The van der Waals surface area contributed by atoms with Gasteiger partial charge in [0.2, 0.25) is 0 Å². The predicted molar refractivity (Wildman–Crippen MR) is 126 cm³/mol. The number of rotatable bonds is 5. The molecule has 3 atom stereocenters. The standard InChI is InChI=1S/C22H26N6S2/c1-13-7-8-23-22(24-13)30-12-20-26-18-11-16(5-6-19(18)28(20)2)25-21(29)27-17-10-14-3-4-15(17)9-14/h5-8,11,14-15,17H,3-4,9-10,12H2,1-2H3,(H2,25,27,29). The minimum absolute atomic E-state index is 0.537. The third-order valence-electron chi connectivity index (χ3n) is 6.39. The average Bonchev–Trinajstić information content (AvgIpc) is 3.41. The summed E-state index contributed by atoms with van der Waals surface area (Å²) in [5.74, 6) is 3.42. The summed E-state index contributed by atoms with van der Waals surface area (Å²) >= 11 is 7.19. The van der Waals surface area contributed by atoms with Crippen LogP contribution in [0.2, 0.25) is 0 Å². The highest BCUT2D eigenvalue weighted by atomic mass is 32.2. The van der Waals surface area contributed by atoms with Gasteiger partial charge in [-0.15, -0.1) is 0 Å². The van der Waals surface area contributed by atoms with Crippen LogP contribution >= 0.6 is 24.0 Å². The third-order valence-corrected chi connectivity index (χ3v) is 7.47. The van der Waals surface area contributed by atoms with Gasteiger partial charge in [-0.1, -0.05) is 18.2 Å². The second-order valence-corrected chi connectivity index (χ2v) is 9.79. The van der Waals surface area contributed by atoms with Gasteiger partial charge in [-0.2, -0.15) is 0 Å². The second-order valence-electron chi connectivity index (χ2n) is 8.44. The number of aryl methyl sites for hydroxylation is 2. The maximum atomic E-state index is 5.58. The summed E-state index contributed by atoms with van der Waals surface area (Å²) in [5.41, 5.74) is 4.02. The lowest BCUT2D eigenvalue weighted by molar-refractivity contribution is 0.392. The molecule has 2 heterocycles. The molecule has 2 aliphatic rings. The summed E-state index contributed by atoms with van der Waals surface area (Å²) in [5, 5.41) is 8.40. The van der Waals surface area contributed by atoms with E-state index in [2.05, 4.69) is 50.4 Å². The number of imidazole rings is 1. The lowest BCUT2D eigenvalue weighted by atomic mass is 9.96. The molecule has 1 aromatic carbocycles. The monoisotopic (exact) mass is 438 g/mol. The van der Waals surface area contributed by atoms with Gasteiger partial charge in [0.05, 0.1) is 16.8 Å². The molecule has 2 aliphatic carbocycles. The molecular weight excluding hydrogens is 412 g/mol. The van der Waals surface area contributed by atoms with Crippen molar-refractivity contribution in [2.45, 2.75) is 49.6 Å². The Balaban J connectivity index is 1.25. The van der Waals surface area contributed by atoms with Crippen molar-refractivity contribution in [2.75, 3.05) is 5.32 Å². The van der Waals surface area contributed by atoms with E-state index in [0.717, 1.165) is 56.1 Å². The number of benzene rings is 1. The van der Waals surface area contributed by atoms with Crippen molar-refractivity contribution in [3.05, 3.63) is 42.0 Å². The molecule has 2 N–H and O–H groups in total. The molecule has 0 saturated heterocycles. The average molecular weight is 439 g/mol. The Morgan fingerprint density at radius 2 is 2.13 bits per heavy atom. The quantitative estimate of drug-likeness (QED) is 0.347. The van der Waals surface area contributed by atoms with E-state index in [1.165, 1.54) is 25.7 Å². The van der Waals surface area contributed by atoms with E-state index in [1.807, 2.05) is 13.0 Å². The SMILES string of the molecule is Cc1ccnc(SCc2nc3cc(NC(=S)NC4CC5CCC4C5)ccc3n2C)n1. The van der Waals surface area contributed by atoms with Gasteiger partial charge in [0.25, 0.3) is 0 Å². The highest BCUT2D eigenvalue weighted by molar-refractivity contribution is 7.98. The zero-order chi connectivity index (χ0) is 20.7. The number of thiocarbonyl (C=S) groups is 1. The molecule has 156 valence electrons. The Morgan fingerprint density at radius 1 is 1.23 bits per heavy atom. The van der Waals surface area contributed by atoms with Crippen molar-refractivity contribution < 1.29 is 0 Å². The van der Waals surface area contributed by atoms with E-state index in [0.29, 0.717) is 6.04 Å². The van der Waals surface area contributed by atoms with E-state index < -0.39 is 0 Å². The van der Waals surface area contributed by atoms with Crippen molar-refractivity contribution in [3.8, 4) is 0 Å². The molecule has 2 bridgehead atoms. The van der Waals surface area contributed by atoms with Crippen LogP contribution in [-0.4, -0.2) is 30.7 Å². The number of thioether (sulfide) groups is 1. The molecule has 3 aromatic rings. The van der Waals surface area contributed by atoms with E-state index in [9.17, 15) is 0 Å². The van der Waals surface area contributed by atoms with Crippen LogP contribution in [0.15, 0.2) is 35.6 Å². The number of hydrogen-bond donors (Lipinski definition) is 2. The van der Waals surface area contributed by atoms with Crippen LogP contribution < -0.4 is 10.6 Å². The minimum Gasteiger partial charge on any atom is -0.359 e. The Hall–Kier alpha value is -2.19. The highest BCUT2D eigenvalue weighted by Crippen LogP contribution is 2.44. The summed E-state index contributed by atoms with van der Waals surface area (Å²) in [4.78, 5) is 13.6. The minimum atomic E-state index is 0.537. The number of nitrogens with one attached hydrogen (secondary N) is 2. The molecule has 0 spiro atoms. The van der Waals surface area contributed by atoms with Crippen LogP contribution in [0.25, 0.3) is 11.0 Å². The predicted octanol–water partition coefficient (Wildman–Crippen LogP) is 4.44. The van der Waals surface area contributed by atoms with Crippen LogP contribution in [0.5, 0.6) is 0 Å². The van der Waals surface area contributed by atoms with Crippen LogP contribution in [-0.2, 0) is 12.8 Å². The zero-order valence-corrected chi connectivity index (χ0v) is 18.9. The maximum absolute atomic E-state index is 5.58. The molecule has 0 amide bonds. The first kappa shape index (κ1) is 19.8. The Labute approximate surface area is 186 Å². The van der Waals surface area contributed by atoms with Gasteiger partial charge in [0.1, 0.15) is 5.82 Å². The van der Waals surface area contributed by atoms with Crippen molar-refractivity contribution in [2.24, 2.45) is 18.9 Å². The van der Waals surface area contributed by atoms with Crippen LogP contribution in [0, 0.1) is 18.8 Å². The molecule has 6 nitrogen and oxygen atoms in total. The van der Waals surface area contributed by atoms with Crippen LogP contribution in [0.1, 0.15) is 37.2 Å². The van der Waals surface area contributed by atoms with Gasteiger partial charge in [-0.05, 0) is 74.5 Å². The van der Waals surface area contributed by atoms with Crippen LogP contribution in [0.4, 0.5) is 5.69 Å². The van der Waals surface area contributed by atoms with E-state index in [4.69, 9.17) is 17.2 Å². The fraction of sp³-hybridized carbons (Fsp3) is 0.455. The summed E-state index contributed by atoms with van der Waals surface area (Å²) in [6, 6.07) is 8.68. The molecule has 3 unspecified atom stereocenters. The molecule has 5 rings (SSSR count). The number of hydrogen-bond acceptors (Lipinski definition) is 5. The number of anilines is 1. The fourth-order valence-electron chi connectivity index (χ4n) is 4.84. The van der Waals surface area contributed by atoms with Gasteiger partial charge in [-0.25, -0.2) is 15.0 Å². The van der Waals surface area contributed by atoms with Crippen molar-refractivity contribution in [3.63, 3.8) is 0 Å². The second kappa shape index (κ2) is 8.15. The number of nitrogens with zero attached hydrogens (tertiary/aromatic N) is 4. The fourth-order valence-corrected chi connectivity index (χ4v) is 5.97. The molecule has 2 fully saturated rings. The number of fused-ring (bicyclic) bond motifs is 3. The third kappa shape index (κ3) is 4.03. The summed E-state index contributed by atoms with van der Waals surface area (Å²) in [6.07, 6.45) is 7.17. The summed E-state index contributed by atoms with van der Waals surface area (Å²) < 4.78 is 2.13. The summed E-state index contributed by atoms with van der Waals surface area (Å²) in [7, 11) is 2.05. The lowest BCUT2D eigenvalue weighted by Gasteiger charge is -2.24. The van der Waals surface area contributed by atoms with E-state index in [-0.39, 0.29) is 0 Å². The maximum Gasteiger partial charge on any atom is 0.188 e. The summed E-state index contributed by atoms with van der Waals surface area (Å²) in [6.45, 7) is 1.98. The van der Waals surface area contributed by atoms with Crippen molar-refractivity contribution in [1.29, 1.82) is 0 Å². The van der Waals surface area contributed by atoms with E-state index >= 15 is 0 Å². The zero-order valence-electron chi connectivity index (χ0n) is 17.3. The van der Waals surface area contributed by atoms with Crippen molar-refractivity contribution in [1.82, 2.24) is 24.8 Å². The molecule has 0 radical (unpaired) electrons. The van der Waals surface area contributed by atoms with Crippen LogP contribution in [0.3, 0.4) is 0 Å². The first-order valence-electron chi connectivity index (χ1n) is 10.5. The Morgan fingerprint density at radius 3 is 2.90 bits per heavy atom. The lowest BCUT2D eigenvalue weighted by Crippen LogP contribution is -2.40. The first-order chi connectivity index (χ1) is 14.5. The van der Waals surface area contributed by atoms with Gasteiger partial charge < -0.3 is 15.2 Å².